The van der Waals surface area contributed by atoms with Crippen molar-refractivity contribution in [2.45, 2.75) is 13.0 Å². The molecule has 0 aliphatic heterocycles. The van der Waals surface area contributed by atoms with E-state index in [9.17, 15) is 0 Å². The molecule has 0 fully saturated rings. The first kappa shape index (κ1) is 15.7. The number of hydrogen-bond acceptors (Lipinski definition) is 4. The van der Waals surface area contributed by atoms with Gasteiger partial charge in [-0.25, -0.2) is 0 Å². The van der Waals surface area contributed by atoms with Gasteiger partial charge in [0.2, 0.25) is 0 Å². The zero-order valence-electron chi connectivity index (χ0n) is 11.0. The Bertz CT molecular complexity index is 400. The molecule has 0 aliphatic carbocycles. The van der Waals surface area contributed by atoms with Gasteiger partial charge in [-0.1, -0.05) is 24.0 Å². The monoisotopic (exact) mass is 263 g/mol. The van der Waals surface area contributed by atoms with E-state index in [-0.39, 0.29) is 19.8 Å². The van der Waals surface area contributed by atoms with Crippen molar-refractivity contribution >= 4 is 0 Å². The van der Waals surface area contributed by atoms with Crippen molar-refractivity contribution in [3.05, 3.63) is 35.4 Å². The van der Waals surface area contributed by atoms with E-state index >= 15 is 0 Å². The van der Waals surface area contributed by atoms with Crippen LogP contribution in [-0.2, 0) is 6.54 Å². The van der Waals surface area contributed by atoms with Gasteiger partial charge in [0, 0.05) is 31.6 Å². The van der Waals surface area contributed by atoms with Crippen LogP contribution in [0, 0.1) is 11.8 Å². The predicted octanol–water partition coefficient (Wildman–Crippen LogP) is 0.207. The second-order valence-corrected chi connectivity index (χ2v) is 4.20. The van der Waals surface area contributed by atoms with Crippen LogP contribution >= 0.6 is 0 Å². The Hall–Kier alpha value is -1.38. The van der Waals surface area contributed by atoms with Crippen molar-refractivity contribution in [1.29, 1.82) is 0 Å². The van der Waals surface area contributed by atoms with Crippen LogP contribution in [0.25, 0.3) is 0 Å². The summed E-state index contributed by atoms with van der Waals surface area (Å²) < 4.78 is 0. The molecule has 0 aromatic heterocycles. The van der Waals surface area contributed by atoms with E-state index in [0.29, 0.717) is 26.1 Å². The largest absolute Gasteiger partial charge is 0.395 e. The molecule has 104 valence electrons. The molecule has 1 aromatic carbocycles. The number of aliphatic hydroxyl groups excluding tert-OH is 3. The molecule has 1 rings (SSSR count). The topological polar surface area (TPSA) is 63.9 Å². The third kappa shape index (κ3) is 6.37. The lowest BCUT2D eigenvalue weighted by molar-refractivity contribution is 0.156. The first-order valence-electron chi connectivity index (χ1n) is 6.43. The van der Waals surface area contributed by atoms with Crippen LogP contribution in [0.3, 0.4) is 0 Å². The van der Waals surface area contributed by atoms with Crippen molar-refractivity contribution in [3.63, 3.8) is 0 Å². The molecular formula is C15H21NO3. The lowest BCUT2D eigenvalue weighted by Crippen LogP contribution is -2.29. The van der Waals surface area contributed by atoms with Gasteiger partial charge in [0.05, 0.1) is 19.8 Å². The molecule has 0 aliphatic rings. The van der Waals surface area contributed by atoms with Gasteiger partial charge < -0.3 is 15.3 Å². The molecule has 0 saturated heterocycles. The van der Waals surface area contributed by atoms with Crippen LogP contribution in [0.5, 0.6) is 0 Å². The highest BCUT2D eigenvalue weighted by Gasteiger charge is 2.04. The van der Waals surface area contributed by atoms with Gasteiger partial charge >= 0.3 is 0 Å². The van der Waals surface area contributed by atoms with Crippen LogP contribution in [0.4, 0.5) is 0 Å². The maximum absolute atomic E-state index is 8.94. The standard InChI is InChI=1S/C15H21NO3/c17-10-2-1-3-14-4-6-15(7-5-14)13-16(8-11-18)9-12-19/h4-7,17-19H,2,8-13H2. The fourth-order valence-corrected chi connectivity index (χ4v) is 1.72. The predicted molar refractivity (Wildman–Crippen MR) is 74.5 cm³/mol. The number of aliphatic hydroxyl groups is 3. The van der Waals surface area contributed by atoms with E-state index < -0.39 is 0 Å². The van der Waals surface area contributed by atoms with E-state index in [1.165, 1.54) is 0 Å². The molecule has 4 heteroatoms. The van der Waals surface area contributed by atoms with Gasteiger partial charge in [-0.2, -0.15) is 0 Å². The highest BCUT2D eigenvalue weighted by atomic mass is 16.3. The molecule has 0 saturated carbocycles. The van der Waals surface area contributed by atoms with Crippen molar-refractivity contribution in [2.75, 3.05) is 32.9 Å². The Morgan fingerprint density at radius 1 is 0.895 bits per heavy atom. The summed E-state index contributed by atoms with van der Waals surface area (Å²) in [5.41, 5.74) is 2.04. The minimum Gasteiger partial charge on any atom is -0.395 e. The van der Waals surface area contributed by atoms with Gasteiger partial charge in [0.15, 0.2) is 0 Å². The highest BCUT2D eigenvalue weighted by Crippen LogP contribution is 2.07. The molecule has 19 heavy (non-hydrogen) atoms. The maximum Gasteiger partial charge on any atom is 0.0558 e. The van der Waals surface area contributed by atoms with E-state index in [1.807, 2.05) is 29.2 Å². The fraction of sp³-hybridized carbons (Fsp3) is 0.467. The molecule has 0 bridgehead atoms. The third-order valence-corrected chi connectivity index (χ3v) is 2.66. The number of rotatable bonds is 7. The molecule has 0 radical (unpaired) electrons. The number of hydrogen-bond donors (Lipinski definition) is 3. The molecule has 0 heterocycles. The Labute approximate surface area is 114 Å². The Morgan fingerprint density at radius 3 is 2.05 bits per heavy atom. The first-order valence-corrected chi connectivity index (χ1v) is 6.43. The molecule has 0 spiro atoms. The summed E-state index contributed by atoms with van der Waals surface area (Å²) >= 11 is 0. The summed E-state index contributed by atoms with van der Waals surface area (Å²) in [6, 6.07) is 7.86. The molecular weight excluding hydrogens is 242 g/mol. The van der Waals surface area contributed by atoms with Gasteiger partial charge in [0.25, 0.3) is 0 Å². The zero-order valence-corrected chi connectivity index (χ0v) is 11.0. The van der Waals surface area contributed by atoms with Crippen LogP contribution in [0.2, 0.25) is 0 Å². The van der Waals surface area contributed by atoms with E-state index in [0.717, 1.165) is 11.1 Å². The second-order valence-electron chi connectivity index (χ2n) is 4.20. The minimum atomic E-state index is 0.0857. The van der Waals surface area contributed by atoms with E-state index in [2.05, 4.69) is 11.8 Å². The average molecular weight is 263 g/mol. The third-order valence-electron chi connectivity index (χ3n) is 2.66. The first-order chi connectivity index (χ1) is 9.30. The summed E-state index contributed by atoms with van der Waals surface area (Å²) in [5.74, 6) is 5.85. The molecule has 1 aromatic rings. The number of nitrogens with zero attached hydrogens (tertiary/aromatic N) is 1. The normalized spacial score (nSPS) is 10.3. The van der Waals surface area contributed by atoms with Crippen LogP contribution in [0.1, 0.15) is 17.5 Å². The van der Waals surface area contributed by atoms with Gasteiger partial charge in [-0.15, -0.1) is 0 Å². The quantitative estimate of drug-likeness (QED) is 0.615. The lowest BCUT2D eigenvalue weighted by Gasteiger charge is -2.20. The molecule has 3 N–H and O–H groups in total. The summed E-state index contributed by atoms with van der Waals surface area (Å²) in [6.07, 6.45) is 0.489. The van der Waals surface area contributed by atoms with Crippen molar-refractivity contribution in [3.8, 4) is 11.8 Å². The van der Waals surface area contributed by atoms with Crippen LogP contribution < -0.4 is 0 Å². The van der Waals surface area contributed by atoms with Gasteiger partial charge in [-0.05, 0) is 17.7 Å². The zero-order chi connectivity index (χ0) is 13.9. The van der Waals surface area contributed by atoms with E-state index in [4.69, 9.17) is 15.3 Å². The SMILES string of the molecule is OCCC#Cc1ccc(CN(CCO)CCO)cc1. The summed E-state index contributed by atoms with van der Waals surface area (Å²) in [6.45, 7) is 2.07. The van der Waals surface area contributed by atoms with E-state index in [1.54, 1.807) is 0 Å². The molecule has 4 nitrogen and oxygen atoms in total. The van der Waals surface area contributed by atoms with Gasteiger partial charge in [-0.3, -0.25) is 4.90 Å². The maximum atomic E-state index is 8.94. The smallest absolute Gasteiger partial charge is 0.0558 e. The van der Waals surface area contributed by atoms with Gasteiger partial charge in [0.1, 0.15) is 0 Å². The fourth-order valence-electron chi connectivity index (χ4n) is 1.72. The molecule has 0 amide bonds. The van der Waals surface area contributed by atoms with Crippen LogP contribution in [-0.4, -0.2) is 53.1 Å². The Balaban J connectivity index is 2.58. The minimum absolute atomic E-state index is 0.0857. The van der Waals surface area contributed by atoms with Crippen molar-refractivity contribution < 1.29 is 15.3 Å². The van der Waals surface area contributed by atoms with Crippen molar-refractivity contribution in [1.82, 2.24) is 4.90 Å². The second kappa shape index (κ2) is 9.54. The van der Waals surface area contributed by atoms with Crippen LogP contribution in [0.15, 0.2) is 24.3 Å². The summed E-state index contributed by atoms with van der Waals surface area (Å²) in [7, 11) is 0. The highest BCUT2D eigenvalue weighted by molar-refractivity contribution is 5.36. The number of benzene rings is 1. The lowest BCUT2D eigenvalue weighted by atomic mass is 10.1. The summed E-state index contributed by atoms with van der Waals surface area (Å²) in [4.78, 5) is 1.99. The van der Waals surface area contributed by atoms with Crippen molar-refractivity contribution in [2.24, 2.45) is 0 Å². The Kier molecular flexibility index (Phi) is 7.87. The Morgan fingerprint density at radius 2 is 1.53 bits per heavy atom. The molecule has 0 atom stereocenters. The molecule has 0 unspecified atom stereocenters. The summed E-state index contributed by atoms with van der Waals surface area (Å²) in [5, 5.41) is 26.5. The average Bonchev–Trinajstić information content (AvgIpc) is 2.42.